The Balaban J connectivity index is 1.47. The van der Waals surface area contributed by atoms with E-state index < -0.39 is 4.92 Å². The van der Waals surface area contributed by atoms with Crippen LogP contribution in [-0.4, -0.2) is 30.4 Å². The largest absolute Gasteiger partial charge is 0.319 e. The number of nitrogens with one attached hydrogen (secondary N) is 1. The number of nitrogens with zero attached hydrogens (tertiary/aromatic N) is 5. The van der Waals surface area contributed by atoms with E-state index in [1.54, 1.807) is 30.7 Å². The molecule has 0 aliphatic heterocycles. The van der Waals surface area contributed by atoms with Gasteiger partial charge in [-0.2, -0.15) is 10.2 Å². The van der Waals surface area contributed by atoms with Crippen molar-refractivity contribution >= 4 is 17.3 Å². The van der Waals surface area contributed by atoms with Crippen LogP contribution in [0.25, 0.3) is 0 Å². The number of aryl methyl sites for hydroxylation is 3. The van der Waals surface area contributed by atoms with Crippen molar-refractivity contribution in [2.24, 2.45) is 0 Å². The Morgan fingerprint density at radius 3 is 2.14 bits per heavy atom. The van der Waals surface area contributed by atoms with Crippen LogP contribution in [0.15, 0.2) is 48.5 Å². The maximum Gasteiger partial charge on any atom is 0.312 e. The van der Waals surface area contributed by atoms with Crippen LogP contribution >= 0.6 is 0 Å². The van der Waals surface area contributed by atoms with Gasteiger partial charge in [0.05, 0.1) is 35.1 Å². The quantitative estimate of drug-likeness (QED) is 0.305. The number of carbonyl (C=O) groups excluding carboxylic acids is 1. The number of nitro groups is 1. The fourth-order valence-corrected chi connectivity index (χ4v) is 4.24. The number of benzene rings is 2. The molecule has 180 valence electrons. The number of anilines is 1. The van der Waals surface area contributed by atoms with Gasteiger partial charge in [-0.05, 0) is 57.9 Å². The molecule has 4 aromatic rings. The summed E-state index contributed by atoms with van der Waals surface area (Å²) in [7, 11) is 0. The van der Waals surface area contributed by atoms with Crippen molar-refractivity contribution in [2.75, 3.05) is 5.32 Å². The number of rotatable bonds is 7. The van der Waals surface area contributed by atoms with Gasteiger partial charge < -0.3 is 5.32 Å². The molecule has 0 spiro atoms. The molecule has 2 aromatic heterocycles. The third kappa shape index (κ3) is 4.98. The topological polar surface area (TPSA) is 108 Å². The zero-order valence-electron chi connectivity index (χ0n) is 20.5. The summed E-state index contributed by atoms with van der Waals surface area (Å²) in [6, 6.07) is 15.4. The summed E-state index contributed by atoms with van der Waals surface area (Å²) in [5.74, 6) is -0.223. The SMILES string of the molecule is Cc1cccc(Cn2nc(C)c(NC(=O)c3ccc(Cn4nc(C)c([N+](=O)[O-])c4C)cc3)c2C)c1. The van der Waals surface area contributed by atoms with Gasteiger partial charge in [0.2, 0.25) is 0 Å². The first-order chi connectivity index (χ1) is 16.6. The van der Waals surface area contributed by atoms with Crippen molar-refractivity contribution in [3.8, 4) is 0 Å². The summed E-state index contributed by atoms with van der Waals surface area (Å²) in [5.41, 5.74) is 7.02. The molecule has 1 amide bonds. The lowest BCUT2D eigenvalue weighted by Crippen LogP contribution is -2.13. The van der Waals surface area contributed by atoms with Gasteiger partial charge in [0.25, 0.3) is 5.91 Å². The molecule has 2 aromatic carbocycles. The molecular weight excluding hydrogens is 444 g/mol. The Morgan fingerprint density at radius 2 is 1.51 bits per heavy atom. The predicted octanol–water partition coefficient (Wildman–Crippen LogP) is 4.88. The first-order valence-corrected chi connectivity index (χ1v) is 11.3. The third-order valence-corrected chi connectivity index (χ3v) is 6.11. The lowest BCUT2D eigenvalue weighted by Gasteiger charge is -2.09. The van der Waals surface area contributed by atoms with Gasteiger partial charge in [-0.25, -0.2) is 0 Å². The van der Waals surface area contributed by atoms with Crippen LogP contribution in [0.2, 0.25) is 0 Å². The van der Waals surface area contributed by atoms with E-state index in [9.17, 15) is 14.9 Å². The van der Waals surface area contributed by atoms with Gasteiger partial charge in [-0.1, -0.05) is 42.0 Å². The zero-order chi connectivity index (χ0) is 25.3. The van der Waals surface area contributed by atoms with E-state index in [-0.39, 0.29) is 11.6 Å². The molecule has 0 unspecified atom stereocenters. The van der Waals surface area contributed by atoms with Crippen molar-refractivity contribution in [3.63, 3.8) is 0 Å². The van der Waals surface area contributed by atoms with Gasteiger partial charge >= 0.3 is 5.69 Å². The van der Waals surface area contributed by atoms with Gasteiger partial charge in [0, 0.05) is 5.56 Å². The first kappa shape index (κ1) is 23.9. The second-order valence-electron chi connectivity index (χ2n) is 8.78. The average molecular weight is 473 g/mol. The minimum atomic E-state index is -0.408. The van der Waals surface area contributed by atoms with Crippen LogP contribution in [-0.2, 0) is 13.1 Å². The van der Waals surface area contributed by atoms with Crippen LogP contribution < -0.4 is 5.32 Å². The van der Waals surface area contributed by atoms with Gasteiger partial charge in [-0.15, -0.1) is 0 Å². The second kappa shape index (κ2) is 9.54. The highest BCUT2D eigenvalue weighted by Crippen LogP contribution is 2.24. The molecule has 35 heavy (non-hydrogen) atoms. The monoisotopic (exact) mass is 472 g/mol. The summed E-state index contributed by atoms with van der Waals surface area (Å²) in [5, 5.41) is 23.1. The highest BCUT2D eigenvalue weighted by Gasteiger charge is 2.22. The molecule has 0 saturated heterocycles. The Bertz CT molecular complexity index is 1420. The van der Waals surface area contributed by atoms with E-state index >= 15 is 0 Å². The van der Waals surface area contributed by atoms with E-state index in [0.29, 0.717) is 35.7 Å². The molecular formula is C26H28N6O3. The number of amides is 1. The van der Waals surface area contributed by atoms with Crippen molar-refractivity contribution < 1.29 is 9.72 Å². The fourth-order valence-electron chi connectivity index (χ4n) is 4.24. The average Bonchev–Trinajstić information content (AvgIpc) is 3.23. The Labute approximate surface area is 203 Å². The van der Waals surface area contributed by atoms with Crippen LogP contribution in [0.5, 0.6) is 0 Å². The molecule has 0 bridgehead atoms. The van der Waals surface area contributed by atoms with E-state index in [2.05, 4.69) is 40.6 Å². The van der Waals surface area contributed by atoms with Crippen LogP contribution in [0.4, 0.5) is 11.4 Å². The maximum atomic E-state index is 12.9. The lowest BCUT2D eigenvalue weighted by molar-refractivity contribution is -0.386. The number of hydrogen-bond acceptors (Lipinski definition) is 5. The normalized spacial score (nSPS) is 11.0. The summed E-state index contributed by atoms with van der Waals surface area (Å²) >= 11 is 0. The van der Waals surface area contributed by atoms with Crippen LogP contribution in [0.1, 0.15) is 49.8 Å². The standard InChI is InChI=1S/C26H28N6O3/c1-16-7-6-8-22(13-16)15-30-19(4)24(17(2)28-30)27-26(33)23-11-9-21(10-12-23)14-31-20(5)25(32(34)35)18(3)29-31/h6-13H,14-15H2,1-5H3,(H,27,33). The minimum Gasteiger partial charge on any atom is -0.319 e. The summed E-state index contributed by atoms with van der Waals surface area (Å²) in [6.45, 7) is 10.2. The molecule has 0 atom stereocenters. The smallest absolute Gasteiger partial charge is 0.312 e. The number of aromatic nitrogens is 4. The fraction of sp³-hybridized carbons (Fsp3) is 0.269. The summed E-state index contributed by atoms with van der Waals surface area (Å²) in [6.07, 6.45) is 0. The Hall–Kier alpha value is -4.27. The zero-order valence-corrected chi connectivity index (χ0v) is 20.5. The summed E-state index contributed by atoms with van der Waals surface area (Å²) < 4.78 is 3.51. The minimum absolute atomic E-state index is 0.0367. The summed E-state index contributed by atoms with van der Waals surface area (Å²) in [4.78, 5) is 23.8. The highest BCUT2D eigenvalue weighted by atomic mass is 16.6. The Morgan fingerprint density at radius 1 is 0.886 bits per heavy atom. The molecule has 0 fully saturated rings. The molecule has 9 nitrogen and oxygen atoms in total. The number of carbonyl (C=O) groups is 1. The van der Waals surface area contributed by atoms with E-state index in [0.717, 1.165) is 22.5 Å². The second-order valence-corrected chi connectivity index (χ2v) is 8.78. The van der Waals surface area contributed by atoms with E-state index in [1.165, 1.54) is 5.56 Å². The van der Waals surface area contributed by atoms with Gasteiger partial charge in [0.1, 0.15) is 11.4 Å². The molecule has 4 rings (SSSR count). The van der Waals surface area contributed by atoms with Crippen LogP contribution in [0.3, 0.4) is 0 Å². The Kier molecular flexibility index (Phi) is 6.50. The van der Waals surface area contributed by atoms with E-state index in [4.69, 9.17) is 0 Å². The van der Waals surface area contributed by atoms with Gasteiger partial charge in [0.15, 0.2) is 0 Å². The lowest BCUT2D eigenvalue weighted by atomic mass is 10.1. The molecule has 1 N–H and O–H groups in total. The van der Waals surface area contributed by atoms with E-state index in [1.807, 2.05) is 36.7 Å². The maximum absolute atomic E-state index is 12.9. The molecule has 0 saturated carbocycles. The predicted molar refractivity (Wildman–Crippen MR) is 134 cm³/mol. The molecule has 9 heteroatoms. The molecule has 0 aliphatic carbocycles. The van der Waals surface area contributed by atoms with Crippen molar-refractivity contribution in [1.82, 2.24) is 19.6 Å². The van der Waals surface area contributed by atoms with Gasteiger partial charge in [-0.3, -0.25) is 24.3 Å². The number of hydrogen-bond donors (Lipinski definition) is 1. The third-order valence-electron chi connectivity index (χ3n) is 6.11. The molecule has 2 heterocycles. The van der Waals surface area contributed by atoms with Crippen molar-refractivity contribution in [1.29, 1.82) is 0 Å². The molecule has 0 aliphatic rings. The molecule has 0 radical (unpaired) electrons. The van der Waals surface area contributed by atoms with Crippen molar-refractivity contribution in [2.45, 2.75) is 47.7 Å². The van der Waals surface area contributed by atoms with Crippen molar-refractivity contribution in [3.05, 3.63) is 104 Å². The first-order valence-electron chi connectivity index (χ1n) is 11.3. The van der Waals surface area contributed by atoms with Crippen LogP contribution in [0, 0.1) is 44.7 Å². The highest BCUT2D eigenvalue weighted by molar-refractivity contribution is 6.04.